The topological polar surface area (TPSA) is 46.5 Å². The van der Waals surface area contributed by atoms with E-state index in [1.54, 1.807) is 6.92 Å². The summed E-state index contributed by atoms with van der Waals surface area (Å²) < 4.78 is 6.61. The van der Waals surface area contributed by atoms with Gasteiger partial charge in [-0.05, 0) is 73.9 Å². The molecule has 0 saturated heterocycles. The maximum absolute atomic E-state index is 11.8. The fourth-order valence-corrected chi connectivity index (χ4v) is 2.61. The highest BCUT2D eigenvalue weighted by atomic mass is 127. The third-order valence-electron chi connectivity index (χ3n) is 3.71. The molecule has 0 spiro atoms. The van der Waals surface area contributed by atoms with Crippen LogP contribution >= 0.6 is 22.6 Å². The molecular weight excluding hydrogens is 379 g/mol. The molecule has 1 atom stereocenters. The second kappa shape index (κ2) is 7.28. The summed E-state index contributed by atoms with van der Waals surface area (Å²) in [5, 5.41) is 9.67. The third-order valence-corrected chi connectivity index (χ3v) is 4.38. The van der Waals surface area contributed by atoms with Crippen LogP contribution in [0.3, 0.4) is 0 Å². The Bertz CT molecular complexity index is 545. The van der Waals surface area contributed by atoms with Gasteiger partial charge in [-0.15, -0.1) is 6.42 Å². The van der Waals surface area contributed by atoms with E-state index in [4.69, 9.17) is 11.2 Å². The molecule has 0 aromatic heterocycles. The first kappa shape index (κ1) is 18.0. The minimum Gasteiger partial charge on any atom is -0.481 e. The first-order chi connectivity index (χ1) is 9.71. The van der Waals surface area contributed by atoms with Crippen molar-refractivity contribution in [3.63, 3.8) is 0 Å². The van der Waals surface area contributed by atoms with Gasteiger partial charge in [-0.1, -0.05) is 18.1 Å². The number of carboxylic acid groups (broad SMARTS) is 1. The summed E-state index contributed by atoms with van der Waals surface area (Å²) in [7, 11) is 0. The molecular formula is C17H21IO3. The lowest BCUT2D eigenvalue weighted by Gasteiger charge is -2.31. The van der Waals surface area contributed by atoms with Crippen LogP contribution in [0.2, 0.25) is 0 Å². The summed E-state index contributed by atoms with van der Waals surface area (Å²) in [5.41, 5.74) is -0.558. The number of hydrogen-bond acceptors (Lipinski definition) is 2. The molecule has 0 amide bonds. The van der Waals surface area contributed by atoms with E-state index in [-0.39, 0.29) is 6.61 Å². The number of rotatable bonds is 7. The van der Waals surface area contributed by atoms with Gasteiger partial charge in [0.15, 0.2) is 0 Å². The molecule has 1 aromatic rings. The van der Waals surface area contributed by atoms with Crippen molar-refractivity contribution < 1.29 is 14.6 Å². The van der Waals surface area contributed by atoms with Crippen LogP contribution in [-0.4, -0.2) is 23.3 Å². The predicted octanol–water partition coefficient (Wildman–Crippen LogP) is 3.84. The highest BCUT2D eigenvalue weighted by molar-refractivity contribution is 14.1. The van der Waals surface area contributed by atoms with E-state index in [9.17, 15) is 9.90 Å². The van der Waals surface area contributed by atoms with E-state index < -0.39 is 17.0 Å². The Balaban J connectivity index is 2.93. The molecule has 0 aliphatic heterocycles. The number of carboxylic acids is 1. The molecule has 0 bridgehead atoms. The van der Waals surface area contributed by atoms with Crippen molar-refractivity contribution in [2.24, 2.45) is 0 Å². The second-order valence-corrected chi connectivity index (χ2v) is 7.15. The highest BCUT2D eigenvalue weighted by Gasteiger charge is 2.37. The monoisotopic (exact) mass is 400 g/mol. The number of carbonyl (C=O) groups is 1. The molecule has 114 valence electrons. The van der Waals surface area contributed by atoms with Crippen molar-refractivity contribution in [2.45, 2.75) is 44.6 Å². The molecule has 0 heterocycles. The van der Waals surface area contributed by atoms with Crippen LogP contribution in [0.1, 0.15) is 39.2 Å². The molecule has 0 fully saturated rings. The van der Waals surface area contributed by atoms with Crippen molar-refractivity contribution >= 4 is 28.6 Å². The maximum Gasteiger partial charge on any atom is 0.313 e. The quantitative estimate of drug-likeness (QED) is 0.559. The van der Waals surface area contributed by atoms with Crippen molar-refractivity contribution in [2.75, 3.05) is 6.61 Å². The van der Waals surface area contributed by atoms with Crippen molar-refractivity contribution in [3.8, 4) is 12.3 Å². The molecule has 1 unspecified atom stereocenters. The first-order valence-corrected chi connectivity index (χ1v) is 7.86. The van der Waals surface area contributed by atoms with E-state index in [1.807, 2.05) is 38.1 Å². The van der Waals surface area contributed by atoms with Crippen LogP contribution in [0.25, 0.3) is 0 Å². The number of ether oxygens (including phenoxy) is 1. The van der Waals surface area contributed by atoms with Crippen molar-refractivity contribution in [1.29, 1.82) is 0 Å². The number of terminal acetylenes is 1. The lowest BCUT2D eigenvalue weighted by Crippen LogP contribution is -2.36. The molecule has 3 nitrogen and oxygen atoms in total. The Kier molecular flexibility index (Phi) is 6.24. The van der Waals surface area contributed by atoms with Gasteiger partial charge in [0, 0.05) is 3.57 Å². The lowest BCUT2D eigenvalue weighted by molar-refractivity contribution is -0.144. The van der Waals surface area contributed by atoms with Gasteiger partial charge in [0.1, 0.15) is 6.61 Å². The Morgan fingerprint density at radius 2 is 2.05 bits per heavy atom. The van der Waals surface area contributed by atoms with Crippen molar-refractivity contribution in [3.05, 3.63) is 33.4 Å². The molecule has 1 rings (SSSR count). The van der Waals surface area contributed by atoms with Gasteiger partial charge in [-0.2, -0.15) is 0 Å². The zero-order valence-corrected chi connectivity index (χ0v) is 14.8. The second-order valence-electron chi connectivity index (χ2n) is 5.90. The van der Waals surface area contributed by atoms with Gasteiger partial charge in [0.25, 0.3) is 0 Å². The zero-order valence-electron chi connectivity index (χ0n) is 12.6. The average molecular weight is 400 g/mol. The molecule has 0 saturated carbocycles. The molecule has 21 heavy (non-hydrogen) atoms. The largest absolute Gasteiger partial charge is 0.481 e. The summed E-state index contributed by atoms with van der Waals surface area (Å²) in [6.07, 6.45) is 6.30. The minimum absolute atomic E-state index is 0.236. The normalized spacial score (nSPS) is 14.2. The van der Waals surface area contributed by atoms with Gasteiger partial charge < -0.3 is 9.84 Å². The molecule has 0 radical (unpaired) electrons. The Hall–Kier alpha value is -1.06. The van der Waals surface area contributed by atoms with Gasteiger partial charge in [-0.3, -0.25) is 4.79 Å². The van der Waals surface area contributed by atoms with Gasteiger partial charge in [0.2, 0.25) is 0 Å². The molecule has 1 aromatic carbocycles. The van der Waals surface area contributed by atoms with Gasteiger partial charge in [0.05, 0.1) is 11.0 Å². The maximum atomic E-state index is 11.8. The van der Waals surface area contributed by atoms with E-state index in [0.717, 1.165) is 9.13 Å². The fourth-order valence-electron chi connectivity index (χ4n) is 2.07. The number of aliphatic carboxylic acids is 1. The van der Waals surface area contributed by atoms with Crippen LogP contribution in [0, 0.1) is 15.9 Å². The highest BCUT2D eigenvalue weighted by Crippen LogP contribution is 2.33. The SMILES string of the molecule is C#CCOC(C)(C)CCC(C)(C(=O)O)c1cccc(I)c1. The lowest BCUT2D eigenvalue weighted by atomic mass is 9.76. The van der Waals surface area contributed by atoms with Crippen LogP contribution < -0.4 is 0 Å². The van der Waals surface area contributed by atoms with E-state index >= 15 is 0 Å². The molecule has 1 N–H and O–H groups in total. The molecule has 4 heteroatoms. The van der Waals surface area contributed by atoms with E-state index in [1.165, 1.54) is 0 Å². The summed E-state index contributed by atoms with van der Waals surface area (Å²) in [4.78, 5) is 11.8. The van der Waals surface area contributed by atoms with Crippen LogP contribution in [0.5, 0.6) is 0 Å². The fraction of sp³-hybridized carbons (Fsp3) is 0.471. The van der Waals surface area contributed by atoms with Gasteiger partial charge in [-0.25, -0.2) is 0 Å². The standard InChI is InChI=1S/C17H21IO3/c1-5-11-21-16(2,3)9-10-17(4,15(19)20)13-7-6-8-14(18)12-13/h1,6-8,12H,9-11H2,2-4H3,(H,19,20). The summed E-state index contributed by atoms with van der Waals surface area (Å²) in [6, 6.07) is 7.63. The zero-order chi connectivity index (χ0) is 16.1. The minimum atomic E-state index is -0.933. The van der Waals surface area contributed by atoms with E-state index in [2.05, 4.69) is 28.5 Å². The van der Waals surface area contributed by atoms with Crippen molar-refractivity contribution in [1.82, 2.24) is 0 Å². The predicted molar refractivity (Wildman–Crippen MR) is 92.2 cm³/mol. The average Bonchev–Trinajstić information content (AvgIpc) is 2.42. The Morgan fingerprint density at radius 3 is 2.57 bits per heavy atom. The molecule has 0 aliphatic rings. The smallest absolute Gasteiger partial charge is 0.313 e. The van der Waals surface area contributed by atoms with Crippen LogP contribution in [-0.2, 0) is 14.9 Å². The Morgan fingerprint density at radius 1 is 1.38 bits per heavy atom. The third kappa shape index (κ3) is 5.01. The number of hydrogen-bond donors (Lipinski definition) is 1. The van der Waals surface area contributed by atoms with Crippen LogP contribution in [0.4, 0.5) is 0 Å². The Labute approximate surface area is 140 Å². The summed E-state index contributed by atoms with van der Waals surface area (Å²) in [6.45, 7) is 5.86. The summed E-state index contributed by atoms with van der Waals surface area (Å²) in [5.74, 6) is 1.62. The molecule has 0 aliphatic carbocycles. The number of halogens is 1. The van der Waals surface area contributed by atoms with Crippen LogP contribution in [0.15, 0.2) is 24.3 Å². The van der Waals surface area contributed by atoms with E-state index in [0.29, 0.717) is 12.8 Å². The number of benzene rings is 1. The summed E-state index contributed by atoms with van der Waals surface area (Å²) >= 11 is 2.19. The van der Waals surface area contributed by atoms with Gasteiger partial charge >= 0.3 is 5.97 Å². The first-order valence-electron chi connectivity index (χ1n) is 6.78.